The maximum Gasteiger partial charge on any atom is 0.179 e. The minimum atomic E-state index is 0.611. The molecule has 2 N–H and O–H groups in total. The first kappa shape index (κ1) is 12.1. The third kappa shape index (κ3) is 1.94. The summed E-state index contributed by atoms with van der Waals surface area (Å²) >= 11 is 0. The van der Waals surface area contributed by atoms with Crippen molar-refractivity contribution in [2.24, 2.45) is 0 Å². The minimum Gasteiger partial charge on any atom is -0.399 e. The van der Waals surface area contributed by atoms with Crippen LogP contribution in [-0.2, 0) is 13.1 Å². The molecule has 4 nitrogen and oxygen atoms in total. The van der Waals surface area contributed by atoms with Crippen molar-refractivity contribution >= 4 is 5.69 Å². The Morgan fingerprint density at radius 3 is 2.45 bits per heavy atom. The summed E-state index contributed by atoms with van der Waals surface area (Å²) < 4.78 is 0. The van der Waals surface area contributed by atoms with Crippen molar-refractivity contribution in [3.63, 3.8) is 0 Å². The molecule has 0 aromatic heterocycles. The molecule has 2 aromatic carbocycles. The smallest absolute Gasteiger partial charge is 0.179 e. The summed E-state index contributed by atoms with van der Waals surface area (Å²) in [6, 6.07) is 13.4. The molecular formula is C16H12N4. The quantitative estimate of drug-likeness (QED) is 0.631. The van der Waals surface area contributed by atoms with Gasteiger partial charge in [-0.25, -0.2) is 0 Å². The lowest BCUT2D eigenvalue weighted by atomic mass is 9.95. The Kier molecular flexibility index (Phi) is 2.78. The normalized spacial score (nSPS) is 12.6. The highest BCUT2D eigenvalue weighted by atomic mass is 15.1. The van der Waals surface area contributed by atoms with Gasteiger partial charge in [-0.3, -0.25) is 0 Å². The third-order valence-corrected chi connectivity index (χ3v) is 3.54. The summed E-state index contributed by atoms with van der Waals surface area (Å²) in [5, 5.41) is 17.9. The van der Waals surface area contributed by atoms with Crippen LogP contribution in [0.3, 0.4) is 0 Å². The summed E-state index contributed by atoms with van der Waals surface area (Å²) in [6.45, 7) is 1.22. The standard InChI is InChI=1S/C16H12N4/c17-7-11-1-3-12(4-2-11)15-6-14(19)5-13-8-20(10-18)9-16(13)15/h1-6H,8-9,19H2. The van der Waals surface area contributed by atoms with Crippen molar-refractivity contribution in [1.29, 1.82) is 10.5 Å². The molecule has 0 unspecified atom stereocenters. The fourth-order valence-electron chi connectivity index (χ4n) is 2.59. The second-order valence-corrected chi connectivity index (χ2v) is 4.85. The largest absolute Gasteiger partial charge is 0.399 e. The van der Waals surface area contributed by atoms with Crippen LogP contribution in [-0.4, -0.2) is 4.90 Å². The van der Waals surface area contributed by atoms with Crippen LogP contribution < -0.4 is 5.73 Å². The van der Waals surface area contributed by atoms with E-state index in [9.17, 15) is 0 Å². The average molecular weight is 260 g/mol. The number of benzene rings is 2. The van der Waals surface area contributed by atoms with E-state index in [0.717, 1.165) is 22.3 Å². The molecule has 0 atom stereocenters. The molecule has 0 saturated heterocycles. The summed E-state index contributed by atoms with van der Waals surface area (Å²) in [5.74, 6) is 0. The predicted octanol–water partition coefficient (Wildman–Crippen LogP) is 2.60. The fraction of sp³-hybridized carbons (Fsp3) is 0.125. The fourth-order valence-corrected chi connectivity index (χ4v) is 2.59. The number of hydrogen-bond donors (Lipinski definition) is 1. The number of nitrogens with two attached hydrogens (primary N) is 1. The Hall–Kier alpha value is -2.98. The molecule has 0 bridgehead atoms. The van der Waals surface area contributed by atoms with Gasteiger partial charge in [0.15, 0.2) is 6.19 Å². The molecule has 20 heavy (non-hydrogen) atoms. The molecule has 1 aliphatic heterocycles. The molecule has 1 heterocycles. The van der Waals surface area contributed by atoms with Gasteiger partial charge in [0.05, 0.1) is 24.7 Å². The van der Waals surface area contributed by atoms with Gasteiger partial charge < -0.3 is 10.6 Å². The first-order chi connectivity index (χ1) is 9.71. The van der Waals surface area contributed by atoms with Crippen molar-refractivity contribution in [1.82, 2.24) is 4.90 Å². The first-order valence-electron chi connectivity index (χ1n) is 6.28. The SMILES string of the molecule is N#Cc1ccc(-c2cc(N)cc3c2CN(C#N)C3)cc1. The molecule has 4 heteroatoms. The van der Waals surface area contributed by atoms with Crippen molar-refractivity contribution < 1.29 is 0 Å². The highest BCUT2D eigenvalue weighted by Crippen LogP contribution is 2.34. The van der Waals surface area contributed by atoms with E-state index >= 15 is 0 Å². The lowest BCUT2D eigenvalue weighted by Gasteiger charge is -2.10. The van der Waals surface area contributed by atoms with Gasteiger partial charge in [-0.15, -0.1) is 0 Å². The highest BCUT2D eigenvalue weighted by molar-refractivity contribution is 5.74. The first-order valence-corrected chi connectivity index (χ1v) is 6.28. The maximum atomic E-state index is 9.05. The van der Waals surface area contributed by atoms with E-state index in [1.807, 2.05) is 24.3 Å². The van der Waals surface area contributed by atoms with E-state index in [4.69, 9.17) is 16.3 Å². The third-order valence-electron chi connectivity index (χ3n) is 3.54. The van der Waals surface area contributed by atoms with E-state index < -0.39 is 0 Å². The Bertz CT molecular complexity index is 748. The predicted molar refractivity (Wildman–Crippen MR) is 75.9 cm³/mol. The number of nitrogen functional groups attached to an aromatic ring is 1. The number of hydrogen-bond acceptors (Lipinski definition) is 4. The Morgan fingerprint density at radius 1 is 1.05 bits per heavy atom. The van der Waals surface area contributed by atoms with Crippen LogP contribution in [0.5, 0.6) is 0 Å². The van der Waals surface area contributed by atoms with Gasteiger partial charge in [-0.2, -0.15) is 10.5 Å². The number of nitrogens with zero attached hydrogens (tertiary/aromatic N) is 3. The van der Waals surface area contributed by atoms with Crippen LogP contribution in [0.25, 0.3) is 11.1 Å². The van der Waals surface area contributed by atoms with Gasteiger partial charge in [0.2, 0.25) is 0 Å². The van der Waals surface area contributed by atoms with Crippen LogP contribution in [0, 0.1) is 22.8 Å². The second-order valence-electron chi connectivity index (χ2n) is 4.85. The van der Waals surface area contributed by atoms with E-state index in [-0.39, 0.29) is 0 Å². The van der Waals surface area contributed by atoms with Crippen LogP contribution in [0.15, 0.2) is 36.4 Å². The molecular weight excluding hydrogens is 248 g/mol. The molecule has 3 rings (SSSR count). The van der Waals surface area contributed by atoms with Gasteiger partial charge in [-0.05, 0) is 46.5 Å². The average Bonchev–Trinajstić information content (AvgIpc) is 2.89. The van der Waals surface area contributed by atoms with Gasteiger partial charge in [0, 0.05) is 5.69 Å². The lowest BCUT2D eigenvalue weighted by molar-refractivity contribution is 0.417. The van der Waals surface area contributed by atoms with E-state index in [1.54, 1.807) is 17.0 Å². The summed E-state index contributed by atoms with van der Waals surface area (Å²) in [6.07, 6.45) is 2.18. The molecule has 96 valence electrons. The Labute approximate surface area is 117 Å². The molecule has 0 saturated carbocycles. The van der Waals surface area contributed by atoms with Crippen molar-refractivity contribution in [3.05, 3.63) is 53.1 Å². The molecule has 2 aromatic rings. The lowest BCUT2D eigenvalue weighted by Crippen LogP contribution is -2.07. The van der Waals surface area contributed by atoms with Crippen molar-refractivity contribution in [2.45, 2.75) is 13.1 Å². The molecule has 0 radical (unpaired) electrons. The zero-order valence-electron chi connectivity index (χ0n) is 10.8. The Morgan fingerprint density at radius 2 is 1.80 bits per heavy atom. The van der Waals surface area contributed by atoms with E-state index in [0.29, 0.717) is 24.3 Å². The summed E-state index contributed by atoms with van der Waals surface area (Å²) in [7, 11) is 0. The maximum absolute atomic E-state index is 9.05. The van der Waals surface area contributed by atoms with E-state index in [1.165, 1.54) is 0 Å². The molecule has 0 fully saturated rings. The van der Waals surface area contributed by atoms with Gasteiger partial charge in [-0.1, -0.05) is 12.1 Å². The van der Waals surface area contributed by atoms with Crippen LogP contribution >= 0.6 is 0 Å². The number of rotatable bonds is 1. The molecule has 0 aliphatic carbocycles. The zero-order chi connectivity index (χ0) is 14.1. The Balaban J connectivity index is 2.11. The topological polar surface area (TPSA) is 76.8 Å². The zero-order valence-corrected chi connectivity index (χ0v) is 10.8. The highest BCUT2D eigenvalue weighted by Gasteiger charge is 2.22. The second kappa shape index (κ2) is 4.60. The molecule has 0 amide bonds. The molecule has 0 spiro atoms. The van der Waals surface area contributed by atoms with Gasteiger partial charge in [0.1, 0.15) is 0 Å². The number of anilines is 1. The number of fused-ring (bicyclic) bond motifs is 1. The van der Waals surface area contributed by atoms with E-state index in [2.05, 4.69) is 12.3 Å². The van der Waals surface area contributed by atoms with Crippen LogP contribution in [0.2, 0.25) is 0 Å². The monoisotopic (exact) mass is 260 g/mol. The van der Waals surface area contributed by atoms with Crippen LogP contribution in [0.4, 0.5) is 5.69 Å². The van der Waals surface area contributed by atoms with Gasteiger partial charge >= 0.3 is 0 Å². The van der Waals surface area contributed by atoms with Gasteiger partial charge in [0.25, 0.3) is 0 Å². The number of nitriles is 2. The summed E-state index contributed by atoms with van der Waals surface area (Å²) in [5.41, 5.74) is 11.6. The molecule has 1 aliphatic rings. The van der Waals surface area contributed by atoms with Crippen molar-refractivity contribution in [2.75, 3.05) is 5.73 Å². The van der Waals surface area contributed by atoms with Crippen molar-refractivity contribution in [3.8, 4) is 23.4 Å². The van der Waals surface area contributed by atoms with Crippen LogP contribution in [0.1, 0.15) is 16.7 Å². The summed E-state index contributed by atoms with van der Waals surface area (Å²) in [4.78, 5) is 1.71. The minimum absolute atomic E-state index is 0.611.